The van der Waals surface area contributed by atoms with Crippen molar-refractivity contribution >= 4 is 49.2 Å². The Balaban J connectivity index is 1.95. The van der Waals surface area contributed by atoms with Crippen LogP contribution in [0.4, 0.5) is 0 Å². The third-order valence-electron chi connectivity index (χ3n) is 5.89. The molecule has 5 aromatic carbocycles. The van der Waals surface area contributed by atoms with Crippen LogP contribution in [0.2, 0.25) is 0 Å². The van der Waals surface area contributed by atoms with Crippen molar-refractivity contribution in [1.29, 1.82) is 0 Å². The minimum atomic E-state index is 0.860. The van der Waals surface area contributed by atoms with Gasteiger partial charge in [-0.05, 0) is 56.1 Å². The average molecular weight is 298 g/mol. The Morgan fingerprint density at radius 2 is 1.79 bits per heavy atom. The normalized spacial score (nSPS) is 14.7. The highest BCUT2D eigenvalue weighted by molar-refractivity contribution is 6.37. The largest absolute Gasteiger partial charge is 0.0930 e. The highest BCUT2D eigenvalue weighted by Crippen LogP contribution is 2.49. The first-order chi connectivity index (χ1) is 11.9. The second-order valence-electron chi connectivity index (χ2n) is 6.89. The molecule has 24 heavy (non-hydrogen) atoms. The van der Waals surface area contributed by atoms with Gasteiger partial charge in [0.05, 0.1) is 0 Å². The number of hydrogen-bond acceptors (Lipinski definition) is 0. The lowest BCUT2D eigenvalue weighted by Gasteiger charge is -2.08. The molecule has 0 amide bonds. The molecule has 2 aliphatic carbocycles. The summed E-state index contributed by atoms with van der Waals surface area (Å²) < 4.78 is 0. The lowest BCUT2D eigenvalue weighted by atomic mass is 9.94. The van der Waals surface area contributed by atoms with Gasteiger partial charge in [0.2, 0.25) is 0 Å². The van der Waals surface area contributed by atoms with E-state index in [9.17, 15) is 0 Å². The van der Waals surface area contributed by atoms with Crippen LogP contribution in [0, 0.1) is 24.0 Å². The van der Waals surface area contributed by atoms with Crippen LogP contribution in [0.1, 0.15) is 22.3 Å². The zero-order valence-corrected chi connectivity index (χ0v) is 12.9. The number of benzene rings is 2. The van der Waals surface area contributed by atoms with Crippen LogP contribution in [0.5, 0.6) is 0 Å². The molecule has 0 saturated heterocycles. The predicted octanol–water partition coefficient (Wildman–Crippen LogP) is 5.25. The van der Waals surface area contributed by atoms with Crippen molar-refractivity contribution in [3.63, 3.8) is 0 Å². The van der Waals surface area contributed by atoms with Gasteiger partial charge < -0.3 is 0 Å². The van der Waals surface area contributed by atoms with Crippen LogP contribution < -0.4 is 0 Å². The number of hydrogen-bond donors (Lipinski definition) is 0. The van der Waals surface area contributed by atoms with Gasteiger partial charge in [0.25, 0.3) is 0 Å². The van der Waals surface area contributed by atoms with Crippen molar-refractivity contribution in [1.82, 2.24) is 0 Å². The molecular weight excluding hydrogens is 288 g/mol. The number of allylic oxidation sites excluding steroid dienone is 1. The summed E-state index contributed by atoms with van der Waals surface area (Å²) in [6.07, 6.45) is 6.48. The second-order valence-corrected chi connectivity index (χ2v) is 6.89. The fourth-order valence-corrected chi connectivity index (χ4v) is 5.05. The molecule has 0 atom stereocenters. The number of rotatable bonds is 0. The highest BCUT2D eigenvalue weighted by Gasteiger charge is 2.26. The molecule has 0 heterocycles. The standard InChI is InChI=1S/C24H10/c1-5-13-15(7-1)21-19-11-4-10-18-14-6-2-8-16(14)22(24(18)19)20-12-3-9-17(13)23(20)21/h1,3,5,9,11-12H,7-8H2. The quantitative estimate of drug-likeness (QED) is 0.342. The number of fused-ring (bicyclic) bond motifs is 8. The molecular formula is C24H10. The first kappa shape index (κ1) is 11.3. The van der Waals surface area contributed by atoms with Crippen LogP contribution in [-0.2, 0) is 12.8 Å². The van der Waals surface area contributed by atoms with E-state index in [0.717, 1.165) is 12.8 Å². The fourth-order valence-electron chi connectivity index (χ4n) is 5.05. The summed E-state index contributed by atoms with van der Waals surface area (Å²) in [4.78, 5) is 0. The summed E-state index contributed by atoms with van der Waals surface area (Å²) in [5.74, 6) is 6.62. The van der Waals surface area contributed by atoms with Gasteiger partial charge in [-0.15, -0.1) is 0 Å². The molecule has 106 valence electrons. The van der Waals surface area contributed by atoms with E-state index in [0.29, 0.717) is 0 Å². The van der Waals surface area contributed by atoms with Gasteiger partial charge in [-0.3, -0.25) is 0 Å². The Hall–Kier alpha value is -3.22. The molecule has 0 radical (unpaired) electrons. The molecule has 5 aromatic rings. The Labute approximate surface area is 139 Å². The van der Waals surface area contributed by atoms with Gasteiger partial charge >= 0.3 is 0 Å². The van der Waals surface area contributed by atoms with Gasteiger partial charge in [0.1, 0.15) is 0 Å². The van der Waals surface area contributed by atoms with E-state index >= 15 is 0 Å². The maximum Gasteiger partial charge on any atom is 0.0494 e. The molecule has 0 N–H and O–H groups in total. The predicted molar refractivity (Wildman–Crippen MR) is 99.8 cm³/mol. The molecule has 0 saturated carbocycles. The molecule has 2 aliphatic rings. The van der Waals surface area contributed by atoms with Gasteiger partial charge in [-0.25, -0.2) is 0 Å². The van der Waals surface area contributed by atoms with E-state index in [-0.39, 0.29) is 0 Å². The Morgan fingerprint density at radius 3 is 2.79 bits per heavy atom. The Kier molecular flexibility index (Phi) is 1.64. The minimum absolute atomic E-state index is 0.860. The van der Waals surface area contributed by atoms with Crippen molar-refractivity contribution < 1.29 is 0 Å². The van der Waals surface area contributed by atoms with Gasteiger partial charge in [-0.2, -0.15) is 0 Å². The fraction of sp³-hybridized carbons (Fsp3) is 0.0833. The van der Waals surface area contributed by atoms with Gasteiger partial charge in [0, 0.05) is 28.1 Å². The second kappa shape index (κ2) is 3.48. The van der Waals surface area contributed by atoms with E-state index < -0.39 is 0 Å². The molecule has 0 aromatic heterocycles. The summed E-state index contributed by atoms with van der Waals surface area (Å²) >= 11 is 0. The van der Waals surface area contributed by atoms with E-state index in [1.54, 1.807) is 0 Å². The zero-order valence-electron chi connectivity index (χ0n) is 12.9. The molecule has 0 aliphatic heterocycles. The summed E-state index contributed by atoms with van der Waals surface area (Å²) in [6, 6.07) is 15.5. The Bertz CT molecular complexity index is 1430. The molecule has 0 spiro atoms. The lowest BCUT2D eigenvalue weighted by molar-refractivity contribution is 1.37. The van der Waals surface area contributed by atoms with E-state index in [1.165, 1.54) is 65.3 Å². The van der Waals surface area contributed by atoms with Crippen LogP contribution in [0.25, 0.3) is 49.2 Å². The molecule has 0 bridgehead atoms. The minimum Gasteiger partial charge on any atom is -0.0930 e. The average Bonchev–Trinajstić information content (AvgIpc) is 3.35. The van der Waals surface area contributed by atoms with Crippen LogP contribution in [0.15, 0.2) is 30.3 Å². The van der Waals surface area contributed by atoms with Crippen molar-refractivity contribution in [2.45, 2.75) is 12.8 Å². The summed E-state index contributed by atoms with van der Waals surface area (Å²) in [5, 5.41) is 10.9. The van der Waals surface area contributed by atoms with Crippen molar-refractivity contribution in [2.24, 2.45) is 0 Å². The van der Waals surface area contributed by atoms with Gasteiger partial charge in [0.15, 0.2) is 0 Å². The van der Waals surface area contributed by atoms with Crippen molar-refractivity contribution in [3.8, 4) is 11.8 Å². The molecule has 0 nitrogen and oxygen atoms in total. The topological polar surface area (TPSA) is 0 Å². The molecule has 0 heteroatoms. The monoisotopic (exact) mass is 298 g/mol. The third kappa shape index (κ3) is 1.01. The summed E-state index contributed by atoms with van der Waals surface area (Å²) in [5.41, 5.74) is 5.46. The van der Waals surface area contributed by atoms with Crippen LogP contribution in [-0.4, -0.2) is 0 Å². The first-order valence-corrected chi connectivity index (χ1v) is 8.41. The Morgan fingerprint density at radius 1 is 0.875 bits per heavy atom. The molecule has 0 fully saturated rings. The maximum atomic E-state index is 3.36. The van der Waals surface area contributed by atoms with Crippen LogP contribution in [0.3, 0.4) is 0 Å². The SMILES string of the molecule is C1#Cc2c(c3c4cccc5c6c(c(c7cc#cc2c73)c54)CC=C6)C1. The van der Waals surface area contributed by atoms with E-state index in [4.69, 9.17) is 0 Å². The maximum absolute atomic E-state index is 3.36. The van der Waals surface area contributed by atoms with E-state index in [1.807, 2.05) is 0 Å². The molecule has 7 rings (SSSR count). The first-order valence-electron chi connectivity index (χ1n) is 8.41. The molecule has 0 unspecified atom stereocenters. The van der Waals surface area contributed by atoms with Gasteiger partial charge in [-0.1, -0.05) is 54.3 Å². The zero-order chi connectivity index (χ0) is 15.4. The van der Waals surface area contributed by atoms with Crippen molar-refractivity contribution in [3.05, 3.63) is 64.7 Å². The van der Waals surface area contributed by atoms with Crippen LogP contribution >= 0.6 is 0 Å². The van der Waals surface area contributed by atoms with E-state index in [2.05, 4.69) is 60.4 Å². The lowest BCUT2D eigenvalue weighted by Crippen LogP contribution is -1.83. The smallest absolute Gasteiger partial charge is 0.0494 e. The summed E-state index contributed by atoms with van der Waals surface area (Å²) in [7, 11) is 0. The third-order valence-corrected chi connectivity index (χ3v) is 5.89. The highest BCUT2D eigenvalue weighted by atomic mass is 14.3. The van der Waals surface area contributed by atoms with Crippen molar-refractivity contribution in [2.75, 3.05) is 0 Å². The summed E-state index contributed by atoms with van der Waals surface area (Å²) in [6.45, 7) is 0.